The number of rotatable bonds is 4. The van der Waals surface area contributed by atoms with Gasteiger partial charge in [-0.25, -0.2) is 0 Å². The lowest BCUT2D eigenvalue weighted by Gasteiger charge is -1.88. The number of allylic oxidation sites excluding steroid dienone is 2. The highest BCUT2D eigenvalue weighted by Gasteiger charge is 1.78. The van der Waals surface area contributed by atoms with Crippen LogP contribution in [0.4, 0.5) is 0 Å². The van der Waals surface area contributed by atoms with E-state index < -0.39 is 0 Å². The van der Waals surface area contributed by atoms with Gasteiger partial charge in [0.15, 0.2) is 0 Å². The van der Waals surface area contributed by atoms with Gasteiger partial charge in [0.2, 0.25) is 0 Å². The highest BCUT2D eigenvalue weighted by Crippen LogP contribution is 1.98. The van der Waals surface area contributed by atoms with Crippen molar-refractivity contribution in [3.63, 3.8) is 0 Å². The maximum absolute atomic E-state index is 5.27. The summed E-state index contributed by atoms with van der Waals surface area (Å²) >= 11 is 0. The molecule has 0 spiro atoms. The topological polar surface area (TPSA) is 0 Å². The molecule has 0 heteroatoms. The predicted molar refractivity (Wildman–Crippen MR) is 37.3 cm³/mol. The van der Waals surface area contributed by atoms with E-state index in [2.05, 4.69) is 13.0 Å². The molecule has 0 amide bonds. The van der Waals surface area contributed by atoms with E-state index in [1.54, 1.807) is 0 Å². The minimum absolute atomic E-state index is 0.810. The molecule has 45 valence electrons. The summed E-state index contributed by atoms with van der Waals surface area (Å²) in [6.45, 7) is 8.84. The van der Waals surface area contributed by atoms with Gasteiger partial charge < -0.3 is 0 Å². The second-order valence-corrected chi connectivity index (χ2v) is 1.76. The Balaban J connectivity index is 2.72. The Morgan fingerprint density at radius 3 is 2.62 bits per heavy atom. The van der Waals surface area contributed by atoms with Crippen molar-refractivity contribution in [2.24, 2.45) is 0 Å². The zero-order chi connectivity index (χ0) is 6.24. The van der Waals surface area contributed by atoms with E-state index >= 15 is 0 Å². The Labute approximate surface area is 52.6 Å². The first-order valence-corrected chi connectivity index (χ1v) is 3.06. The van der Waals surface area contributed by atoms with Crippen molar-refractivity contribution in [2.75, 3.05) is 0 Å². The average molecular weight is 109 g/mol. The minimum atomic E-state index is 0.810. The molecule has 0 aromatic heterocycles. The molecular weight excluding hydrogens is 96.1 g/mol. The monoisotopic (exact) mass is 109 g/mol. The summed E-state index contributed by atoms with van der Waals surface area (Å²) in [6, 6.07) is 0. The molecule has 0 aromatic carbocycles. The summed E-state index contributed by atoms with van der Waals surface area (Å²) in [4.78, 5) is 0. The second kappa shape index (κ2) is 6.74. The van der Waals surface area contributed by atoms with Crippen molar-refractivity contribution >= 4 is 0 Å². The smallest absolute Gasteiger partial charge is 0.0316 e. The van der Waals surface area contributed by atoms with E-state index in [9.17, 15) is 0 Å². The number of hydrogen-bond donors (Lipinski definition) is 0. The van der Waals surface area contributed by atoms with Gasteiger partial charge >= 0.3 is 0 Å². The molecular formula is C8H13. The zero-order valence-electron chi connectivity index (χ0n) is 5.27. The van der Waals surface area contributed by atoms with Crippen molar-refractivity contribution in [2.45, 2.75) is 25.7 Å². The van der Waals surface area contributed by atoms with Crippen LogP contribution in [-0.4, -0.2) is 0 Å². The summed E-state index contributed by atoms with van der Waals surface area (Å²) in [6.07, 6.45) is 8.16. The summed E-state index contributed by atoms with van der Waals surface area (Å²) in [5.74, 6) is 0. The highest BCUT2D eigenvalue weighted by molar-refractivity contribution is 4.83. The van der Waals surface area contributed by atoms with Crippen molar-refractivity contribution in [3.05, 3.63) is 26.0 Å². The van der Waals surface area contributed by atoms with Gasteiger partial charge in [0, 0.05) is 0 Å². The lowest BCUT2D eigenvalue weighted by molar-refractivity contribution is 0.760. The van der Waals surface area contributed by atoms with E-state index in [-0.39, 0.29) is 0 Å². The van der Waals surface area contributed by atoms with Crippen LogP contribution >= 0.6 is 0 Å². The van der Waals surface area contributed by atoms with Crippen LogP contribution in [-0.2, 0) is 0 Å². The van der Waals surface area contributed by atoms with Crippen LogP contribution < -0.4 is 0 Å². The number of hydrogen-bond acceptors (Lipinski definition) is 0. The summed E-state index contributed by atoms with van der Waals surface area (Å²) in [7, 11) is 0. The molecule has 0 heterocycles. The van der Waals surface area contributed by atoms with Crippen molar-refractivity contribution in [3.8, 4) is 0 Å². The summed E-state index contributed by atoms with van der Waals surface area (Å²) in [5, 5.41) is 0. The van der Waals surface area contributed by atoms with Gasteiger partial charge in [0.1, 0.15) is 0 Å². The normalized spacial score (nSPS) is 10.8. The fourth-order valence-electron chi connectivity index (χ4n) is 0.524. The molecule has 0 saturated carbocycles. The minimum Gasteiger partial charge on any atom is -0.0885 e. The molecule has 0 bridgehead atoms. The maximum Gasteiger partial charge on any atom is -0.0316 e. The Kier molecular flexibility index (Phi) is 6.52. The SMILES string of the molecule is [CH]CCCCC=C[CH2]. The molecule has 0 rings (SSSR count). The molecule has 0 saturated heterocycles. The summed E-state index contributed by atoms with van der Waals surface area (Å²) in [5.41, 5.74) is 0. The van der Waals surface area contributed by atoms with Crippen LogP contribution in [0.25, 0.3) is 0 Å². The molecule has 0 unspecified atom stereocenters. The Morgan fingerprint density at radius 1 is 1.38 bits per heavy atom. The van der Waals surface area contributed by atoms with Gasteiger partial charge in [0.05, 0.1) is 0 Å². The molecule has 0 fully saturated rings. The molecule has 3 radical (unpaired) electrons. The third kappa shape index (κ3) is 5.74. The third-order valence-electron chi connectivity index (χ3n) is 0.992. The standard InChI is InChI=1S/C8H13/c1-3-5-7-8-6-4-2/h1,4,6H,2-3,5,7-8H2. The van der Waals surface area contributed by atoms with E-state index in [1.165, 1.54) is 6.42 Å². The maximum atomic E-state index is 5.27. The van der Waals surface area contributed by atoms with Crippen LogP contribution in [0.15, 0.2) is 12.2 Å². The van der Waals surface area contributed by atoms with Gasteiger partial charge in [-0.3, -0.25) is 0 Å². The van der Waals surface area contributed by atoms with Crippen molar-refractivity contribution in [1.82, 2.24) is 0 Å². The lowest BCUT2D eigenvalue weighted by Crippen LogP contribution is -1.69. The van der Waals surface area contributed by atoms with E-state index in [4.69, 9.17) is 6.92 Å². The predicted octanol–water partition coefficient (Wildman–Crippen LogP) is 2.65. The van der Waals surface area contributed by atoms with Crippen LogP contribution in [0.1, 0.15) is 25.7 Å². The highest BCUT2D eigenvalue weighted by atomic mass is 13.8. The fraction of sp³-hybridized carbons (Fsp3) is 0.500. The third-order valence-corrected chi connectivity index (χ3v) is 0.992. The van der Waals surface area contributed by atoms with Crippen molar-refractivity contribution in [1.29, 1.82) is 0 Å². The molecule has 0 aliphatic rings. The first-order valence-electron chi connectivity index (χ1n) is 3.06. The van der Waals surface area contributed by atoms with Crippen molar-refractivity contribution < 1.29 is 0 Å². The van der Waals surface area contributed by atoms with Crippen LogP contribution in [0, 0.1) is 13.8 Å². The summed E-state index contributed by atoms with van der Waals surface area (Å²) < 4.78 is 0. The largest absolute Gasteiger partial charge is 0.0885 e. The van der Waals surface area contributed by atoms with Crippen LogP contribution in [0.2, 0.25) is 0 Å². The van der Waals surface area contributed by atoms with Gasteiger partial charge in [-0.15, -0.1) is 0 Å². The molecule has 0 nitrogen and oxygen atoms in total. The Morgan fingerprint density at radius 2 is 2.12 bits per heavy atom. The molecule has 8 heavy (non-hydrogen) atoms. The van der Waals surface area contributed by atoms with E-state index in [0.29, 0.717) is 0 Å². The Hall–Kier alpha value is -0.260. The van der Waals surface area contributed by atoms with Crippen LogP contribution in [0.5, 0.6) is 0 Å². The second-order valence-electron chi connectivity index (χ2n) is 1.76. The zero-order valence-corrected chi connectivity index (χ0v) is 5.27. The van der Waals surface area contributed by atoms with Crippen LogP contribution in [0.3, 0.4) is 0 Å². The average Bonchev–Trinajstić information content (AvgIpc) is 1.81. The van der Waals surface area contributed by atoms with E-state index in [1.807, 2.05) is 6.08 Å². The Bertz CT molecular complexity index is 53.1. The first kappa shape index (κ1) is 7.74. The van der Waals surface area contributed by atoms with Gasteiger partial charge in [-0.1, -0.05) is 18.6 Å². The molecule has 0 atom stereocenters. The first-order chi connectivity index (χ1) is 3.91. The fourth-order valence-corrected chi connectivity index (χ4v) is 0.524. The molecule has 0 aliphatic heterocycles. The van der Waals surface area contributed by atoms with Gasteiger partial charge in [-0.05, 0) is 33.1 Å². The van der Waals surface area contributed by atoms with Gasteiger partial charge in [-0.2, -0.15) is 0 Å². The molecule has 0 N–H and O–H groups in total. The van der Waals surface area contributed by atoms with Gasteiger partial charge in [0.25, 0.3) is 0 Å². The quantitative estimate of drug-likeness (QED) is 0.487. The lowest BCUT2D eigenvalue weighted by atomic mass is 10.2. The number of unbranched alkanes of at least 4 members (excludes halogenated alkanes) is 3. The molecule has 0 aromatic rings. The van der Waals surface area contributed by atoms with E-state index in [0.717, 1.165) is 19.3 Å². The molecule has 0 aliphatic carbocycles.